The number of hydrogen-bond donors (Lipinski definition) is 1. The van der Waals surface area contributed by atoms with Gasteiger partial charge in [-0.05, 0) is 19.8 Å². The first-order valence-corrected chi connectivity index (χ1v) is 12.8. The largest absolute Gasteiger partial charge is 0.371 e. The Morgan fingerprint density at radius 1 is 1.32 bits per heavy atom. The zero-order chi connectivity index (χ0) is 24.5. The van der Waals surface area contributed by atoms with Crippen molar-refractivity contribution in [2.75, 3.05) is 46.8 Å². The fourth-order valence-electron chi connectivity index (χ4n) is 4.37. The van der Waals surface area contributed by atoms with Crippen LogP contribution in [0.2, 0.25) is 0 Å². The Morgan fingerprint density at radius 3 is 2.76 bits per heavy atom. The fourth-order valence-corrected chi connectivity index (χ4v) is 5.19. The highest BCUT2D eigenvalue weighted by Crippen LogP contribution is 2.20. The normalized spacial score (nSPS) is 18.9. The summed E-state index contributed by atoms with van der Waals surface area (Å²) in [4.78, 5) is 23.4. The Bertz CT molecular complexity index is 965. The highest BCUT2D eigenvalue weighted by molar-refractivity contribution is 7.13. The summed E-state index contributed by atoms with van der Waals surface area (Å²) >= 11 is 1.37. The highest BCUT2D eigenvalue weighted by atomic mass is 32.1. The van der Waals surface area contributed by atoms with Gasteiger partial charge in [0, 0.05) is 64.1 Å². The zero-order valence-electron chi connectivity index (χ0n) is 20.9. The first-order chi connectivity index (χ1) is 16.4. The van der Waals surface area contributed by atoms with E-state index < -0.39 is 0 Å². The van der Waals surface area contributed by atoms with E-state index in [1.807, 2.05) is 12.3 Å². The van der Waals surface area contributed by atoms with Gasteiger partial charge in [0.15, 0.2) is 0 Å². The van der Waals surface area contributed by atoms with E-state index >= 15 is 0 Å². The number of rotatable bonds is 9. The molecule has 3 rings (SSSR count). The van der Waals surface area contributed by atoms with E-state index in [2.05, 4.69) is 74.5 Å². The maximum absolute atomic E-state index is 11.7. The number of allylic oxidation sites excluding steroid dienone is 3. The molecule has 1 saturated heterocycles. The van der Waals surface area contributed by atoms with E-state index in [1.54, 1.807) is 7.05 Å². The van der Waals surface area contributed by atoms with Gasteiger partial charge in [-0.25, -0.2) is 0 Å². The monoisotopic (exact) mass is 483 g/mol. The Labute approximate surface area is 207 Å². The van der Waals surface area contributed by atoms with E-state index in [-0.39, 0.29) is 11.8 Å². The number of piperazine rings is 1. The summed E-state index contributed by atoms with van der Waals surface area (Å²) in [6.45, 7) is 14.1. The van der Waals surface area contributed by atoms with Crippen LogP contribution in [0.5, 0.6) is 0 Å². The molecular formula is C25H37N7OS. The van der Waals surface area contributed by atoms with Crippen molar-refractivity contribution in [3.8, 4) is 11.8 Å². The smallest absolute Gasteiger partial charge is 0.282 e. The van der Waals surface area contributed by atoms with Gasteiger partial charge in [-0.2, -0.15) is 0 Å². The molecule has 1 aromatic heterocycles. The maximum Gasteiger partial charge on any atom is 0.282 e. The van der Waals surface area contributed by atoms with E-state index in [9.17, 15) is 4.79 Å². The quantitative estimate of drug-likeness (QED) is 0.430. The van der Waals surface area contributed by atoms with Crippen LogP contribution in [0, 0.1) is 17.8 Å². The lowest BCUT2D eigenvalue weighted by atomic mass is 9.99. The molecule has 0 bridgehead atoms. The van der Waals surface area contributed by atoms with Crippen molar-refractivity contribution in [1.82, 2.24) is 30.2 Å². The lowest BCUT2D eigenvalue weighted by molar-refractivity contribution is 0.0923. The molecule has 0 radical (unpaired) electrons. The van der Waals surface area contributed by atoms with Gasteiger partial charge < -0.3 is 10.2 Å². The molecule has 0 aliphatic carbocycles. The van der Waals surface area contributed by atoms with Crippen molar-refractivity contribution in [1.29, 1.82) is 0 Å². The number of carbonyl (C=O) groups excluding carboxylic acids is 1. The summed E-state index contributed by atoms with van der Waals surface area (Å²) in [6.07, 6.45) is 6.59. The van der Waals surface area contributed by atoms with Crippen molar-refractivity contribution < 1.29 is 4.79 Å². The van der Waals surface area contributed by atoms with Crippen LogP contribution >= 0.6 is 11.3 Å². The number of amides is 1. The molecule has 2 aliphatic rings. The molecule has 1 fully saturated rings. The molecule has 2 atom stereocenters. The van der Waals surface area contributed by atoms with Crippen LogP contribution in [0.15, 0.2) is 29.0 Å². The summed E-state index contributed by atoms with van der Waals surface area (Å²) in [5.41, 5.74) is 2.38. The minimum absolute atomic E-state index is 0.175. The number of nitrogens with one attached hydrogen (secondary N) is 1. The molecule has 3 heterocycles. The highest BCUT2D eigenvalue weighted by Gasteiger charge is 2.23. The molecule has 2 unspecified atom stereocenters. The minimum Gasteiger partial charge on any atom is -0.371 e. The topological polar surface area (TPSA) is 77.0 Å². The summed E-state index contributed by atoms with van der Waals surface area (Å²) in [7, 11) is 3.72. The summed E-state index contributed by atoms with van der Waals surface area (Å²) in [5.74, 6) is 6.78. The zero-order valence-corrected chi connectivity index (χ0v) is 21.7. The van der Waals surface area contributed by atoms with Crippen LogP contribution in [0.4, 0.5) is 0 Å². The van der Waals surface area contributed by atoms with Crippen molar-refractivity contribution in [2.24, 2.45) is 10.9 Å². The lowest BCUT2D eigenvalue weighted by Crippen LogP contribution is -2.49. The van der Waals surface area contributed by atoms with Gasteiger partial charge in [0.05, 0.1) is 25.2 Å². The van der Waals surface area contributed by atoms with Gasteiger partial charge in [-0.1, -0.05) is 36.2 Å². The minimum atomic E-state index is -0.177. The molecule has 2 aliphatic heterocycles. The van der Waals surface area contributed by atoms with Gasteiger partial charge in [0.2, 0.25) is 5.01 Å². The van der Waals surface area contributed by atoms with Crippen LogP contribution in [-0.2, 0) is 6.54 Å². The predicted molar refractivity (Wildman–Crippen MR) is 139 cm³/mol. The van der Waals surface area contributed by atoms with E-state index in [0.29, 0.717) is 17.5 Å². The third kappa shape index (κ3) is 6.98. The number of aromatic nitrogens is 2. The Hall–Kier alpha value is -2.54. The lowest BCUT2D eigenvalue weighted by Gasteiger charge is -2.38. The average molecular weight is 484 g/mol. The molecular weight excluding hydrogens is 446 g/mol. The second-order valence-corrected chi connectivity index (χ2v) is 9.82. The molecule has 9 heteroatoms. The molecule has 34 heavy (non-hydrogen) atoms. The number of hydrogen-bond acceptors (Lipinski definition) is 8. The predicted octanol–water partition coefficient (Wildman–Crippen LogP) is 2.63. The van der Waals surface area contributed by atoms with E-state index in [4.69, 9.17) is 0 Å². The Morgan fingerprint density at radius 2 is 2.09 bits per heavy atom. The van der Waals surface area contributed by atoms with Crippen molar-refractivity contribution in [3.05, 3.63) is 34.1 Å². The van der Waals surface area contributed by atoms with Gasteiger partial charge in [0.25, 0.3) is 5.91 Å². The SMILES string of the molecule is C=CC(C#CCC1=C(CC)N(C)CC=N1)CC(C)N1CCN(Cc2nnc(C(=O)NC)s2)CC1. The third-order valence-corrected chi connectivity index (χ3v) is 7.34. The molecule has 0 spiro atoms. The second kappa shape index (κ2) is 12.8. The molecule has 1 N–H and O–H groups in total. The van der Waals surface area contributed by atoms with E-state index in [0.717, 1.165) is 62.8 Å². The Balaban J connectivity index is 1.46. The molecule has 1 amide bonds. The van der Waals surface area contributed by atoms with Crippen LogP contribution in [0.3, 0.4) is 0 Å². The second-order valence-electron chi connectivity index (χ2n) is 8.76. The number of nitrogens with zero attached hydrogens (tertiary/aromatic N) is 6. The van der Waals surface area contributed by atoms with Crippen LogP contribution in [-0.4, -0.2) is 89.9 Å². The fraction of sp³-hybridized carbons (Fsp3) is 0.600. The van der Waals surface area contributed by atoms with Gasteiger partial charge in [-0.15, -0.1) is 16.8 Å². The molecule has 0 aromatic carbocycles. The summed E-state index contributed by atoms with van der Waals surface area (Å²) in [5, 5.41) is 12.1. The standard InChI is InChI=1S/C25H37N7OS/c1-6-20(9-8-10-21-22(7-2)30(5)12-11-27-21)17-19(3)32-15-13-31(14-16-32)18-23-28-29-25(34-23)24(33)26-4/h6,11,19-20H,1,7,10,12-18H2,2-5H3,(H,26,33). The molecule has 0 saturated carbocycles. The number of aliphatic imine (C=N–C) groups is 1. The molecule has 1 aromatic rings. The van der Waals surface area contributed by atoms with Crippen LogP contribution in [0.25, 0.3) is 0 Å². The number of carbonyl (C=O) groups is 1. The molecule has 184 valence electrons. The average Bonchev–Trinajstić information content (AvgIpc) is 3.31. The first-order valence-electron chi connectivity index (χ1n) is 12.0. The van der Waals surface area contributed by atoms with Gasteiger partial charge in [-0.3, -0.25) is 19.6 Å². The maximum atomic E-state index is 11.7. The van der Waals surface area contributed by atoms with Crippen LogP contribution in [0.1, 0.15) is 47.9 Å². The first kappa shape index (κ1) is 26.1. The van der Waals surface area contributed by atoms with Gasteiger partial charge in [0.1, 0.15) is 5.01 Å². The van der Waals surface area contributed by atoms with E-state index in [1.165, 1.54) is 17.0 Å². The van der Waals surface area contributed by atoms with Crippen molar-refractivity contribution in [3.63, 3.8) is 0 Å². The van der Waals surface area contributed by atoms with Crippen molar-refractivity contribution in [2.45, 2.75) is 45.7 Å². The third-order valence-electron chi connectivity index (χ3n) is 6.43. The molecule has 8 nitrogen and oxygen atoms in total. The Kier molecular flexibility index (Phi) is 9.81. The summed E-state index contributed by atoms with van der Waals surface area (Å²) < 4.78 is 0. The van der Waals surface area contributed by atoms with Crippen LogP contribution < -0.4 is 5.32 Å². The van der Waals surface area contributed by atoms with Gasteiger partial charge >= 0.3 is 0 Å². The van der Waals surface area contributed by atoms with Crippen molar-refractivity contribution >= 4 is 23.5 Å². The summed E-state index contributed by atoms with van der Waals surface area (Å²) in [6, 6.07) is 0.435.